The number of anilines is 1. The molecule has 3 aromatic heterocycles. The van der Waals surface area contributed by atoms with Crippen LogP contribution < -0.4 is 9.04 Å². The van der Waals surface area contributed by atoms with Crippen LogP contribution in [0.25, 0.3) is 10.8 Å². The number of rotatable bonds is 7. The van der Waals surface area contributed by atoms with Gasteiger partial charge in [0.15, 0.2) is 0 Å². The van der Waals surface area contributed by atoms with Crippen LogP contribution in [0.4, 0.5) is 27.6 Å². The number of aromatic nitrogens is 4. The number of thiazole rings is 1. The number of halogens is 5. The molecule has 0 spiro atoms. The van der Waals surface area contributed by atoms with Gasteiger partial charge in [-0.1, -0.05) is 0 Å². The van der Waals surface area contributed by atoms with Crippen molar-refractivity contribution >= 4 is 27.0 Å². The fourth-order valence-electron chi connectivity index (χ4n) is 2.16. The average Bonchev–Trinajstić information content (AvgIpc) is 3.26. The van der Waals surface area contributed by atoms with Crippen LogP contribution in [-0.4, -0.2) is 41.2 Å². The standard InChI is InChI=1S/C14H10F5N5O4S2/c1-30(25,26)24(7-2-8(4-20-3-7)28-14(17,18)19)6-10-21-5-9(29-10)12-22-23-13(27-12)11(15)16/h2-5,11H,6H2,1H3. The summed E-state index contributed by atoms with van der Waals surface area (Å²) in [5.41, 5.74) is -0.200. The van der Waals surface area contributed by atoms with Gasteiger partial charge in [0.25, 0.3) is 11.8 Å². The first-order chi connectivity index (χ1) is 13.9. The molecular formula is C14H10F5N5O4S2. The number of nitrogens with zero attached hydrogens (tertiary/aromatic N) is 5. The molecule has 0 amide bonds. The van der Waals surface area contributed by atoms with Gasteiger partial charge in [0, 0.05) is 6.07 Å². The lowest BCUT2D eigenvalue weighted by Gasteiger charge is -2.21. The Morgan fingerprint density at radius 2 is 1.97 bits per heavy atom. The lowest BCUT2D eigenvalue weighted by Crippen LogP contribution is -2.29. The summed E-state index contributed by atoms with van der Waals surface area (Å²) in [6.45, 7) is -0.378. The molecule has 3 rings (SSSR count). The zero-order chi connectivity index (χ0) is 22.1. The Morgan fingerprint density at radius 3 is 2.57 bits per heavy atom. The van der Waals surface area contributed by atoms with Gasteiger partial charge < -0.3 is 9.15 Å². The second kappa shape index (κ2) is 8.10. The summed E-state index contributed by atoms with van der Waals surface area (Å²) < 4.78 is 96.0. The summed E-state index contributed by atoms with van der Waals surface area (Å²) in [4.78, 5) is 7.74. The lowest BCUT2D eigenvalue weighted by atomic mass is 10.4. The molecule has 0 bridgehead atoms. The van der Waals surface area contributed by atoms with Crippen molar-refractivity contribution in [3.05, 3.63) is 35.6 Å². The molecule has 9 nitrogen and oxygen atoms in total. The monoisotopic (exact) mass is 471 g/mol. The van der Waals surface area contributed by atoms with E-state index in [1.807, 2.05) is 0 Å². The Labute approximate surface area is 169 Å². The van der Waals surface area contributed by atoms with Crippen LogP contribution >= 0.6 is 11.3 Å². The number of sulfonamides is 1. The zero-order valence-electron chi connectivity index (χ0n) is 14.7. The maximum atomic E-state index is 12.6. The molecule has 3 aromatic rings. The van der Waals surface area contributed by atoms with E-state index in [2.05, 4.69) is 24.9 Å². The van der Waals surface area contributed by atoms with Crippen LogP contribution in [0.5, 0.6) is 5.75 Å². The Kier molecular flexibility index (Phi) is 5.89. The van der Waals surface area contributed by atoms with Gasteiger partial charge in [-0.3, -0.25) is 9.29 Å². The first kappa shape index (κ1) is 21.8. The van der Waals surface area contributed by atoms with E-state index in [0.717, 1.165) is 40.4 Å². The molecule has 0 aliphatic rings. The molecule has 0 saturated heterocycles. The van der Waals surface area contributed by atoms with E-state index in [0.29, 0.717) is 0 Å². The predicted octanol–water partition coefficient (Wildman–Crippen LogP) is 3.39. The first-order valence-corrected chi connectivity index (χ1v) is 10.3. The summed E-state index contributed by atoms with van der Waals surface area (Å²) in [7, 11) is -3.97. The molecular weight excluding hydrogens is 461 g/mol. The second-order valence-electron chi connectivity index (χ2n) is 5.56. The molecule has 3 heterocycles. The molecule has 30 heavy (non-hydrogen) atoms. The minimum absolute atomic E-state index is 0.175. The summed E-state index contributed by atoms with van der Waals surface area (Å²) in [6.07, 6.45) is -4.09. The Bertz CT molecular complexity index is 1130. The highest BCUT2D eigenvalue weighted by molar-refractivity contribution is 7.92. The van der Waals surface area contributed by atoms with Crippen LogP contribution in [0.1, 0.15) is 17.3 Å². The Balaban J connectivity index is 1.87. The van der Waals surface area contributed by atoms with Crippen molar-refractivity contribution in [1.82, 2.24) is 20.2 Å². The third-order valence-electron chi connectivity index (χ3n) is 3.29. The van der Waals surface area contributed by atoms with Gasteiger partial charge in [-0.15, -0.1) is 34.7 Å². The van der Waals surface area contributed by atoms with E-state index < -0.39 is 34.5 Å². The van der Waals surface area contributed by atoms with Gasteiger partial charge in [-0.05, 0) is 0 Å². The maximum Gasteiger partial charge on any atom is 0.573 e. The van der Waals surface area contributed by atoms with Crippen molar-refractivity contribution in [3.8, 4) is 16.5 Å². The Morgan fingerprint density at radius 1 is 1.23 bits per heavy atom. The molecule has 0 fully saturated rings. The second-order valence-corrected chi connectivity index (χ2v) is 8.58. The van der Waals surface area contributed by atoms with Gasteiger partial charge in [0.05, 0.1) is 37.1 Å². The van der Waals surface area contributed by atoms with Gasteiger partial charge in [-0.25, -0.2) is 13.4 Å². The van der Waals surface area contributed by atoms with Crippen LogP contribution in [-0.2, 0) is 16.6 Å². The molecule has 0 radical (unpaired) electrons. The third kappa shape index (κ3) is 5.38. The fourth-order valence-corrected chi connectivity index (χ4v) is 3.91. The average molecular weight is 471 g/mol. The molecule has 0 aliphatic carbocycles. The highest BCUT2D eigenvalue weighted by atomic mass is 32.2. The van der Waals surface area contributed by atoms with E-state index in [1.165, 1.54) is 6.20 Å². The highest BCUT2D eigenvalue weighted by Gasteiger charge is 2.32. The van der Waals surface area contributed by atoms with Gasteiger partial charge in [-0.2, -0.15) is 8.78 Å². The molecule has 0 saturated carbocycles. The number of alkyl halides is 5. The highest BCUT2D eigenvalue weighted by Crippen LogP contribution is 2.31. The zero-order valence-corrected chi connectivity index (χ0v) is 16.3. The molecule has 0 atom stereocenters. The minimum Gasteiger partial charge on any atom is -0.414 e. The van der Waals surface area contributed by atoms with Crippen molar-refractivity contribution in [3.63, 3.8) is 0 Å². The number of hydrogen-bond acceptors (Lipinski definition) is 9. The van der Waals surface area contributed by atoms with Crippen molar-refractivity contribution < 1.29 is 39.5 Å². The van der Waals surface area contributed by atoms with Crippen LogP contribution in [0.2, 0.25) is 0 Å². The lowest BCUT2D eigenvalue weighted by molar-refractivity contribution is -0.274. The molecule has 162 valence electrons. The summed E-state index contributed by atoms with van der Waals surface area (Å²) in [5.74, 6) is -1.83. The van der Waals surface area contributed by atoms with E-state index in [-0.39, 0.29) is 28.0 Å². The van der Waals surface area contributed by atoms with Gasteiger partial charge in [0.2, 0.25) is 10.0 Å². The fraction of sp³-hybridized carbons (Fsp3) is 0.286. The van der Waals surface area contributed by atoms with E-state index in [4.69, 9.17) is 4.42 Å². The number of pyridine rings is 1. The molecule has 16 heteroatoms. The quantitative estimate of drug-likeness (QED) is 0.482. The van der Waals surface area contributed by atoms with Crippen LogP contribution in [0, 0.1) is 0 Å². The molecule has 0 aliphatic heterocycles. The van der Waals surface area contributed by atoms with Crippen molar-refractivity contribution in [2.24, 2.45) is 0 Å². The summed E-state index contributed by atoms with van der Waals surface area (Å²) in [5, 5.41) is 6.82. The first-order valence-electron chi connectivity index (χ1n) is 7.67. The predicted molar refractivity (Wildman–Crippen MR) is 92.3 cm³/mol. The maximum absolute atomic E-state index is 12.6. The molecule has 0 aromatic carbocycles. The Hall–Kier alpha value is -2.88. The van der Waals surface area contributed by atoms with Gasteiger partial charge in [0.1, 0.15) is 15.6 Å². The van der Waals surface area contributed by atoms with Crippen molar-refractivity contribution in [1.29, 1.82) is 0 Å². The smallest absolute Gasteiger partial charge is 0.414 e. The van der Waals surface area contributed by atoms with Gasteiger partial charge >= 0.3 is 12.8 Å². The summed E-state index contributed by atoms with van der Waals surface area (Å²) >= 11 is 0.874. The van der Waals surface area contributed by atoms with Crippen LogP contribution in [0.3, 0.4) is 0 Å². The minimum atomic E-state index is -4.98. The van der Waals surface area contributed by atoms with Crippen molar-refractivity contribution in [2.75, 3.05) is 10.6 Å². The SMILES string of the molecule is CS(=O)(=O)N(Cc1ncc(-c2nnc(C(F)F)o2)s1)c1cncc(OC(F)(F)F)c1. The van der Waals surface area contributed by atoms with Crippen LogP contribution in [0.15, 0.2) is 29.1 Å². The normalized spacial score (nSPS) is 12.4. The number of ether oxygens (including phenoxy) is 1. The summed E-state index contributed by atoms with van der Waals surface area (Å²) in [6, 6.07) is 0.850. The molecule has 0 N–H and O–H groups in total. The topological polar surface area (TPSA) is 111 Å². The van der Waals surface area contributed by atoms with Crippen molar-refractivity contribution in [2.45, 2.75) is 19.3 Å². The van der Waals surface area contributed by atoms with E-state index >= 15 is 0 Å². The molecule has 0 unspecified atom stereocenters. The third-order valence-corrected chi connectivity index (χ3v) is 5.40. The largest absolute Gasteiger partial charge is 0.573 e. The van der Waals surface area contributed by atoms with E-state index in [1.54, 1.807) is 0 Å². The van der Waals surface area contributed by atoms with E-state index in [9.17, 15) is 30.4 Å². The number of hydrogen-bond donors (Lipinski definition) is 0.